The molecule has 5 nitrogen and oxygen atoms in total. The van der Waals surface area contributed by atoms with Crippen molar-refractivity contribution in [1.29, 1.82) is 0 Å². The summed E-state index contributed by atoms with van der Waals surface area (Å²) in [5, 5.41) is 2.41. The first-order chi connectivity index (χ1) is 15.3. The van der Waals surface area contributed by atoms with Crippen molar-refractivity contribution in [3.05, 3.63) is 60.7 Å². The molecule has 0 N–H and O–H groups in total. The second-order valence-electron chi connectivity index (χ2n) is 9.65. The molecule has 2 aromatic rings. The zero-order chi connectivity index (χ0) is 22.8. The Bertz CT molecular complexity index is 856. The van der Waals surface area contributed by atoms with Crippen molar-refractivity contribution < 1.29 is 23.4 Å². The first kappa shape index (κ1) is 23.2. The third-order valence-electron chi connectivity index (χ3n) is 6.43. The Morgan fingerprint density at radius 3 is 2.12 bits per heavy atom. The predicted molar refractivity (Wildman–Crippen MR) is 127 cm³/mol. The van der Waals surface area contributed by atoms with E-state index in [2.05, 4.69) is 69.3 Å². The van der Waals surface area contributed by atoms with Crippen LogP contribution in [0.25, 0.3) is 0 Å². The van der Waals surface area contributed by atoms with Crippen LogP contribution >= 0.6 is 0 Å². The van der Waals surface area contributed by atoms with E-state index in [0.29, 0.717) is 13.2 Å². The summed E-state index contributed by atoms with van der Waals surface area (Å²) in [6, 6.07) is 21.2. The number of carbonyl (C=O) groups excluding carboxylic acids is 1. The molecule has 32 heavy (non-hydrogen) atoms. The van der Waals surface area contributed by atoms with Crippen LogP contribution in [0, 0.1) is 0 Å². The number of esters is 1. The van der Waals surface area contributed by atoms with Gasteiger partial charge in [-0.05, 0) is 22.3 Å². The fourth-order valence-corrected chi connectivity index (χ4v) is 9.54. The van der Waals surface area contributed by atoms with E-state index in [1.807, 2.05) is 19.1 Å². The number of fused-ring (bicyclic) bond motifs is 1. The molecule has 2 heterocycles. The number of hydrogen-bond acceptors (Lipinski definition) is 5. The molecule has 0 unspecified atom stereocenters. The second kappa shape index (κ2) is 9.47. The van der Waals surface area contributed by atoms with Crippen LogP contribution in [-0.4, -0.2) is 51.9 Å². The van der Waals surface area contributed by atoms with E-state index < -0.39 is 8.32 Å². The molecule has 0 radical (unpaired) electrons. The molecule has 172 valence electrons. The maximum atomic E-state index is 12.0. The van der Waals surface area contributed by atoms with Crippen molar-refractivity contribution in [2.75, 3.05) is 13.2 Å². The number of benzene rings is 2. The minimum absolute atomic E-state index is 0.00326. The molecular formula is C26H34O5Si. The highest BCUT2D eigenvalue weighted by atomic mass is 28.4. The number of hydrogen-bond donors (Lipinski definition) is 0. The van der Waals surface area contributed by atoms with E-state index in [1.165, 1.54) is 10.4 Å². The Kier molecular flexibility index (Phi) is 6.86. The molecule has 0 aliphatic carbocycles. The third-order valence-corrected chi connectivity index (χ3v) is 11.4. The smallest absolute Gasteiger partial charge is 0.308 e. The summed E-state index contributed by atoms with van der Waals surface area (Å²) < 4.78 is 24.2. The van der Waals surface area contributed by atoms with Crippen molar-refractivity contribution >= 4 is 24.7 Å². The molecular weight excluding hydrogens is 420 g/mol. The lowest BCUT2D eigenvalue weighted by Gasteiger charge is -2.44. The summed E-state index contributed by atoms with van der Waals surface area (Å²) in [4.78, 5) is 12.0. The molecule has 0 amide bonds. The molecule has 0 aromatic heterocycles. The van der Waals surface area contributed by atoms with Crippen LogP contribution < -0.4 is 10.4 Å². The summed E-state index contributed by atoms with van der Waals surface area (Å²) in [6.45, 7) is 9.47. The van der Waals surface area contributed by atoms with E-state index >= 15 is 0 Å². The maximum absolute atomic E-state index is 12.0. The molecule has 0 saturated carbocycles. The average Bonchev–Trinajstić information content (AvgIpc) is 3.55. The predicted octanol–water partition coefficient (Wildman–Crippen LogP) is 3.44. The molecule has 6 heteroatoms. The standard InChI is InChI=1S/C26H34O5Si/c1-5-28-24(27)17-23-25-22(31-25)16-19(30-23)18-29-32(26(2,3)4,20-12-8-6-9-13-20)21-14-10-7-11-15-21/h6-15,19,22-23,25H,5,16-18H2,1-4H3/t19-,22+,23+,25+/m0/s1. The van der Waals surface area contributed by atoms with Gasteiger partial charge in [0.2, 0.25) is 0 Å². The summed E-state index contributed by atoms with van der Waals surface area (Å²) in [5.74, 6) is -0.236. The highest BCUT2D eigenvalue weighted by Gasteiger charge is 2.54. The molecule has 2 saturated heterocycles. The van der Waals surface area contributed by atoms with Crippen LogP contribution in [0.3, 0.4) is 0 Å². The van der Waals surface area contributed by atoms with Crippen LogP contribution in [0.1, 0.15) is 40.5 Å². The molecule has 0 spiro atoms. The number of rotatable bonds is 8. The lowest BCUT2D eigenvalue weighted by Crippen LogP contribution is -2.67. The van der Waals surface area contributed by atoms with Crippen molar-refractivity contribution in [3.8, 4) is 0 Å². The Balaban J connectivity index is 1.58. The van der Waals surface area contributed by atoms with Gasteiger partial charge in [-0.25, -0.2) is 0 Å². The van der Waals surface area contributed by atoms with E-state index in [4.69, 9.17) is 18.6 Å². The first-order valence-corrected chi connectivity index (χ1v) is 13.5. The van der Waals surface area contributed by atoms with Gasteiger partial charge in [0.1, 0.15) is 6.10 Å². The van der Waals surface area contributed by atoms with Gasteiger partial charge in [-0.1, -0.05) is 81.4 Å². The molecule has 4 rings (SSSR count). The summed E-state index contributed by atoms with van der Waals surface area (Å²) in [7, 11) is -2.62. The Morgan fingerprint density at radius 1 is 1.00 bits per heavy atom. The van der Waals surface area contributed by atoms with Crippen LogP contribution in [0.2, 0.25) is 5.04 Å². The van der Waals surface area contributed by atoms with Gasteiger partial charge >= 0.3 is 5.97 Å². The quantitative estimate of drug-likeness (QED) is 0.347. The molecule has 2 aliphatic rings. The van der Waals surface area contributed by atoms with Crippen LogP contribution in [0.15, 0.2) is 60.7 Å². The lowest BCUT2D eigenvalue weighted by molar-refractivity contribution is -0.149. The minimum Gasteiger partial charge on any atom is -0.466 e. The molecule has 0 bridgehead atoms. The number of epoxide rings is 1. The fourth-order valence-electron chi connectivity index (χ4n) is 4.95. The van der Waals surface area contributed by atoms with Gasteiger partial charge in [-0.3, -0.25) is 4.79 Å². The average molecular weight is 455 g/mol. The zero-order valence-corrected chi connectivity index (χ0v) is 20.5. The Morgan fingerprint density at radius 2 is 1.59 bits per heavy atom. The van der Waals surface area contributed by atoms with Crippen molar-refractivity contribution in [2.45, 2.75) is 70.0 Å². The monoisotopic (exact) mass is 454 g/mol. The van der Waals surface area contributed by atoms with Crippen LogP contribution in [0.5, 0.6) is 0 Å². The van der Waals surface area contributed by atoms with Gasteiger partial charge in [0, 0.05) is 6.42 Å². The van der Waals surface area contributed by atoms with Gasteiger partial charge in [-0.2, -0.15) is 0 Å². The third kappa shape index (κ3) is 4.69. The van der Waals surface area contributed by atoms with Gasteiger partial charge < -0.3 is 18.6 Å². The van der Waals surface area contributed by atoms with Crippen molar-refractivity contribution in [3.63, 3.8) is 0 Å². The van der Waals surface area contributed by atoms with E-state index in [9.17, 15) is 4.79 Å². The highest BCUT2D eigenvalue weighted by Crippen LogP contribution is 2.40. The summed E-state index contributed by atoms with van der Waals surface area (Å²) in [6.07, 6.45) is 0.798. The zero-order valence-electron chi connectivity index (χ0n) is 19.5. The van der Waals surface area contributed by atoms with E-state index in [1.54, 1.807) is 0 Å². The topological polar surface area (TPSA) is 57.3 Å². The lowest BCUT2D eigenvalue weighted by atomic mass is 10.0. The van der Waals surface area contributed by atoms with Gasteiger partial charge in [0.15, 0.2) is 0 Å². The second-order valence-corrected chi connectivity index (χ2v) is 14.0. The maximum Gasteiger partial charge on any atom is 0.308 e. The fraction of sp³-hybridized carbons (Fsp3) is 0.500. The van der Waals surface area contributed by atoms with Gasteiger partial charge in [0.25, 0.3) is 8.32 Å². The van der Waals surface area contributed by atoms with Gasteiger partial charge in [-0.15, -0.1) is 0 Å². The Hall–Kier alpha value is -1.99. The van der Waals surface area contributed by atoms with Crippen molar-refractivity contribution in [2.24, 2.45) is 0 Å². The summed E-state index contributed by atoms with van der Waals surface area (Å²) in [5.41, 5.74) is 0. The Labute approximate surface area is 192 Å². The highest BCUT2D eigenvalue weighted by molar-refractivity contribution is 6.99. The number of carbonyl (C=O) groups is 1. The molecule has 2 fully saturated rings. The normalized spacial score (nSPS) is 25.1. The number of ether oxygens (including phenoxy) is 3. The van der Waals surface area contributed by atoms with Crippen LogP contribution in [-0.2, 0) is 23.4 Å². The van der Waals surface area contributed by atoms with E-state index in [-0.39, 0.29) is 41.8 Å². The molecule has 2 aliphatic heterocycles. The van der Waals surface area contributed by atoms with Crippen molar-refractivity contribution in [1.82, 2.24) is 0 Å². The minimum atomic E-state index is -2.62. The van der Waals surface area contributed by atoms with Gasteiger partial charge in [0.05, 0.1) is 37.9 Å². The SMILES string of the molecule is CCOC(=O)C[C@H]1O[C@H](CO[Si](c2ccccc2)(c2ccccc2)C(C)(C)C)C[C@H]2O[C@@H]12. The van der Waals surface area contributed by atoms with Crippen LogP contribution in [0.4, 0.5) is 0 Å². The molecule has 2 aromatic carbocycles. The summed E-state index contributed by atoms with van der Waals surface area (Å²) >= 11 is 0. The first-order valence-electron chi connectivity index (χ1n) is 11.6. The molecule has 4 atom stereocenters. The van der Waals surface area contributed by atoms with E-state index in [0.717, 1.165) is 6.42 Å². The largest absolute Gasteiger partial charge is 0.466 e.